The van der Waals surface area contributed by atoms with Gasteiger partial charge in [-0.25, -0.2) is 0 Å². The summed E-state index contributed by atoms with van der Waals surface area (Å²) in [4.78, 5) is 37.0. The lowest BCUT2D eigenvalue weighted by molar-refractivity contribution is -0.384. The van der Waals surface area contributed by atoms with Crippen molar-refractivity contribution >= 4 is 28.9 Å². The van der Waals surface area contributed by atoms with Crippen molar-refractivity contribution < 1.29 is 14.5 Å². The molecule has 106 valence electrons. The third kappa shape index (κ3) is 3.83. The Bertz CT molecular complexity index is 670. The molecule has 8 heteroatoms. The molecule has 2 aromatic rings. The second kappa shape index (κ2) is 6.24. The first kappa shape index (κ1) is 14.1. The maximum Gasteiger partial charge on any atom is 0.314 e. The third-order valence-corrected chi connectivity index (χ3v) is 2.46. The van der Waals surface area contributed by atoms with Crippen LogP contribution < -0.4 is 10.6 Å². The lowest BCUT2D eigenvalue weighted by Crippen LogP contribution is -2.29. The normalized spacial score (nSPS) is 9.71. The van der Waals surface area contributed by atoms with E-state index < -0.39 is 16.7 Å². The van der Waals surface area contributed by atoms with Crippen LogP contribution in [-0.2, 0) is 9.59 Å². The molecule has 2 N–H and O–H groups in total. The Morgan fingerprint density at radius 3 is 2.14 bits per heavy atom. The number of anilines is 2. The lowest BCUT2D eigenvalue weighted by atomic mass is 10.3. The highest BCUT2D eigenvalue weighted by Crippen LogP contribution is 2.15. The number of rotatable bonds is 3. The van der Waals surface area contributed by atoms with Crippen molar-refractivity contribution in [2.24, 2.45) is 0 Å². The summed E-state index contributed by atoms with van der Waals surface area (Å²) in [7, 11) is 0. The first-order valence-electron chi connectivity index (χ1n) is 5.83. The van der Waals surface area contributed by atoms with Gasteiger partial charge >= 0.3 is 11.8 Å². The van der Waals surface area contributed by atoms with Crippen LogP contribution in [0.4, 0.5) is 17.1 Å². The van der Waals surface area contributed by atoms with Crippen molar-refractivity contribution in [3.63, 3.8) is 0 Å². The van der Waals surface area contributed by atoms with Gasteiger partial charge < -0.3 is 10.6 Å². The lowest BCUT2D eigenvalue weighted by Gasteiger charge is -2.05. The number of benzene rings is 1. The molecule has 1 heterocycles. The monoisotopic (exact) mass is 286 g/mol. The van der Waals surface area contributed by atoms with Crippen molar-refractivity contribution in [2.45, 2.75) is 0 Å². The molecule has 21 heavy (non-hydrogen) atoms. The molecule has 0 aliphatic carbocycles. The summed E-state index contributed by atoms with van der Waals surface area (Å²) in [5, 5.41) is 15.2. The highest BCUT2D eigenvalue weighted by atomic mass is 16.6. The van der Waals surface area contributed by atoms with Gasteiger partial charge in [-0.2, -0.15) is 0 Å². The van der Waals surface area contributed by atoms with Gasteiger partial charge in [0.1, 0.15) is 0 Å². The molecule has 0 spiro atoms. The molecular weight excluding hydrogens is 276 g/mol. The van der Waals surface area contributed by atoms with Crippen molar-refractivity contribution in [3.8, 4) is 0 Å². The van der Waals surface area contributed by atoms with Crippen LogP contribution in [0.2, 0.25) is 0 Å². The van der Waals surface area contributed by atoms with Gasteiger partial charge in [0.2, 0.25) is 0 Å². The molecular formula is C13H10N4O4. The van der Waals surface area contributed by atoms with E-state index in [9.17, 15) is 19.7 Å². The SMILES string of the molecule is O=C(Nc1ccc([N+](=O)[O-])cc1)C(=O)Nc1cccnc1. The zero-order chi connectivity index (χ0) is 15.2. The summed E-state index contributed by atoms with van der Waals surface area (Å²) in [5.41, 5.74) is 0.570. The van der Waals surface area contributed by atoms with Crippen LogP contribution in [0.5, 0.6) is 0 Å². The molecule has 1 aromatic heterocycles. The molecule has 8 nitrogen and oxygen atoms in total. The zero-order valence-electron chi connectivity index (χ0n) is 10.6. The fraction of sp³-hybridized carbons (Fsp3) is 0. The molecule has 0 saturated heterocycles. The van der Waals surface area contributed by atoms with E-state index in [1.807, 2.05) is 0 Å². The highest BCUT2D eigenvalue weighted by Gasteiger charge is 2.14. The topological polar surface area (TPSA) is 114 Å². The van der Waals surface area contributed by atoms with Crippen LogP contribution in [-0.4, -0.2) is 21.7 Å². The highest BCUT2D eigenvalue weighted by molar-refractivity contribution is 6.43. The summed E-state index contributed by atoms with van der Waals surface area (Å²) in [6, 6.07) is 8.35. The fourth-order valence-corrected chi connectivity index (χ4v) is 1.48. The minimum atomic E-state index is -0.882. The van der Waals surface area contributed by atoms with E-state index in [1.54, 1.807) is 12.1 Å². The maximum absolute atomic E-state index is 11.7. The molecule has 0 aliphatic heterocycles. The van der Waals surface area contributed by atoms with Gasteiger partial charge in [0, 0.05) is 24.0 Å². The molecule has 1 aromatic carbocycles. The van der Waals surface area contributed by atoms with Gasteiger partial charge in [-0.3, -0.25) is 24.7 Å². The first-order valence-corrected chi connectivity index (χ1v) is 5.83. The van der Waals surface area contributed by atoms with Crippen molar-refractivity contribution in [2.75, 3.05) is 10.6 Å². The van der Waals surface area contributed by atoms with Gasteiger partial charge in [0.25, 0.3) is 5.69 Å². The Kier molecular flexibility index (Phi) is 4.20. The Balaban J connectivity index is 1.97. The summed E-state index contributed by atoms with van der Waals surface area (Å²) in [6.45, 7) is 0. The van der Waals surface area contributed by atoms with Gasteiger partial charge in [-0.15, -0.1) is 0 Å². The van der Waals surface area contributed by atoms with Crippen LogP contribution in [0.15, 0.2) is 48.8 Å². The second-order valence-electron chi connectivity index (χ2n) is 3.95. The maximum atomic E-state index is 11.7. The number of carbonyl (C=O) groups is 2. The molecule has 0 aliphatic rings. The fourth-order valence-electron chi connectivity index (χ4n) is 1.48. The smallest absolute Gasteiger partial charge is 0.314 e. The molecule has 0 unspecified atom stereocenters. The van der Waals surface area contributed by atoms with Gasteiger partial charge in [-0.1, -0.05) is 0 Å². The average Bonchev–Trinajstić information content (AvgIpc) is 2.48. The van der Waals surface area contributed by atoms with E-state index in [-0.39, 0.29) is 11.4 Å². The van der Waals surface area contributed by atoms with Crippen LogP contribution in [0.25, 0.3) is 0 Å². The minimum Gasteiger partial charge on any atom is -0.318 e. The predicted octanol–water partition coefficient (Wildman–Crippen LogP) is 1.57. The number of nitro benzene ring substituents is 1. The number of hydrogen-bond donors (Lipinski definition) is 2. The number of amides is 2. The van der Waals surface area contributed by atoms with Crippen LogP contribution in [0.1, 0.15) is 0 Å². The largest absolute Gasteiger partial charge is 0.318 e. The standard InChI is InChI=1S/C13H10N4O4/c18-12(13(19)16-10-2-1-7-14-8-10)15-9-3-5-11(6-4-9)17(20)21/h1-8H,(H,15,18)(H,16,19). The molecule has 0 atom stereocenters. The number of nitrogens with zero attached hydrogens (tertiary/aromatic N) is 2. The Labute approximate surface area is 119 Å². The quantitative estimate of drug-likeness (QED) is 0.505. The molecule has 0 saturated carbocycles. The van der Waals surface area contributed by atoms with Gasteiger partial charge in [0.15, 0.2) is 0 Å². The predicted molar refractivity (Wildman–Crippen MR) is 74.6 cm³/mol. The summed E-state index contributed by atoms with van der Waals surface area (Å²) in [5.74, 6) is -1.74. The van der Waals surface area contributed by atoms with E-state index in [1.165, 1.54) is 36.7 Å². The first-order chi connectivity index (χ1) is 10.1. The molecule has 2 rings (SSSR count). The molecule has 0 radical (unpaired) electrons. The Hall–Kier alpha value is -3.29. The number of non-ortho nitro benzene ring substituents is 1. The van der Waals surface area contributed by atoms with Crippen LogP contribution in [0, 0.1) is 10.1 Å². The number of nitro groups is 1. The number of carbonyl (C=O) groups excluding carboxylic acids is 2. The van der Waals surface area contributed by atoms with E-state index in [2.05, 4.69) is 15.6 Å². The van der Waals surface area contributed by atoms with E-state index in [0.717, 1.165) is 0 Å². The van der Waals surface area contributed by atoms with E-state index in [0.29, 0.717) is 5.69 Å². The van der Waals surface area contributed by atoms with Crippen molar-refractivity contribution in [1.82, 2.24) is 4.98 Å². The Morgan fingerprint density at radius 2 is 1.62 bits per heavy atom. The average molecular weight is 286 g/mol. The van der Waals surface area contributed by atoms with Crippen LogP contribution in [0.3, 0.4) is 0 Å². The number of pyridine rings is 1. The van der Waals surface area contributed by atoms with Gasteiger partial charge in [0.05, 0.1) is 16.8 Å². The number of aromatic nitrogens is 1. The van der Waals surface area contributed by atoms with Crippen molar-refractivity contribution in [1.29, 1.82) is 0 Å². The number of hydrogen-bond acceptors (Lipinski definition) is 5. The summed E-state index contributed by atoms with van der Waals surface area (Å²) in [6.07, 6.45) is 2.93. The summed E-state index contributed by atoms with van der Waals surface area (Å²) < 4.78 is 0. The molecule has 2 amide bonds. The van der Waals surface area contributed by atoms with E-state index in [4.69, 9.17) is 0 Å². The minimum absolute atomic E-state index is 0.104. The van der Waals surface area contributed by atoms with E-state index >= 15 is 0 Å². The Morgan fingerprint density at radius 1 is 1.00 bits per heavy atom. The van der Waals surface area contributed by atoms with Crippen molar-refractivity contribution in [3.05, 3.63) is 58.9 Å². The number of nitrogens with one attached hydrogen (secondary N) is 2. The van der Waals surface area contributed by atoms with Crippen LogP contribution >= 0.6 is 0 Å². The second-order valence-corrected chi connectivity index (χ2v) is 3.95. The summed E-state index contributed by atoms with van der Waals surface area (Å²) >= 11 is 0. The molecule has 0 fully saturated rings. The zero-order valence-corrected chi connectivity index (χ0v) is 10.6. The van der Waals surface area contributed by atoms with Gasteiger partial charge in [-0.05, 0) is 24.3 Å². The molecule has 0 bridgehead atoms. The third-order valence-electron chi connectivity index (χ3n) is 2.46.